The van der Waals surface area contributed by atoms with Gasteiger partial charge in [0.2, 0.25) is 0 Å². The maximum absolute atomic E-state index is 16.5. The number of hydrogen-bond donors (Lipinski definition) is 0. The number of fused-ring (bicyclic) bond motifs is 6. The zero-order valence-electron chi connectivity index (χ0n) is 32.7. The van der Waals surface area contributed by atoms with Crippen molar-refractivity contribution in [3.63, 3.8) is 0 Å². The molecular weight excluding hydrogens is 760 g/mol. The van der Waals surface area contributed by atoms with Gasteiger partial charge in [-0.3, -0.25) is 0 Å². The average Bonchev–Trinajstić information content (AvgIpc) is 3.74. The molecule has 60 heavy (non-hydrogen) atoms. The Labute approximate surface area is 341 Å². The van der Waals surface area contributed by atoms with Crippen molar-refractivity contribution in [2.24, 2.45) is 0 Å². The van der Waals surface area contributed by atoms with Gasteiger partial charge in [-0.05, 0) is 100.0 Å². The quantitative estimate of drug-likeness (QED) is 0.171. The van der Waals surface area contributed by atoms with Crippen molar-refractivity contribution in [1.29, 1.82) is 5.26 Å². The van der Waals surface area contributed by atoms with Gasteiger partial charge in [0, 0.05) is 38.2 Å². The van der Waals surface area contributed by atoms with Crippen LogP contribution in [0.1, 0.15) is 34.4 Å². The Hall–Kier alpha value is -7.78. The van der Waals surface area contributed by atoms with Crippen molar-refractivity contribution in [2.75, 3.05) is 0 Å². The SMILES string of the molecule is Cc1nc(C)nc(-c2ccc3c(c2)c2ccccc2n3-c2ccc(-c3cccc(C#N)c3)c(-n3c4ccccc4c4cc(-c5nc(C)nc(C)n5)ccc43)c2C(F)(F)F)n1. The van der Waals surface area contributed by atoms with E-state index in [1.54, 1.807) is 67.2 Å². The number of nitrogens with zero attached hydrogens (tertiary/aromatic N) is 9. The number of rotatable bonds is 5. The van der Waals surface area contributed by atoms with Crippen LogP contribution in [0.2, 0.25) is 0 Å². The first kappa shape index (κ1) is 36.6. The molecule has 290 valence electrons. The van der Waals surface area contributed by atoms with E-state index in [1.807, 2.05) is 84.9 Å². The molecule has 0 spiro atoms. The number of para-hydroxylation sites is 2. The van der Waals surface area contributed by atoms with E-state index in [2.05, 4.69) is 36.0 Å². The molecule has 12 heteroatoms. The summed E-state index contributed by atoms with van der Waals surface area (Å²) < 4.78 is 53.0. The fraction of sp³-hybridized carbons (Fsp3) is 0.104. The zero-order chi connectivity index (χ0) is 41.4. The van der Waals surface area contributed by atoms with E-state index < -0.39 is 11.7 Å². The van der Waals surface area contributed by atoms with E-state index in [0.717, 1.165) is 27.1 Å². The van der Waals surface area contributed by atoms with Gasteiger partial charge in [0.1, 0.15) is 28.9 Å². The standard InChI is InChI=1S/C48H32F3N9/c1-26-53-27(2)56-46(55-26)32-16-19-41-37(23-32)35-12-5-7-14-39(35)59(41)43-21-18-34(31-11-9-10-30(22-31)25-52)45(44(43)48(49,50)51)60-40-15-8-6-13-36(40)38-24-33(17-20-42(38)60)47-57-28(3)54-29(4)58-47/h5-24H,1-4H3. The Kier molecular flexibility index (Phi) is 8.33. The van der Waals surface area contributed by atoms with E-state index >= 15 is 13.2 Å². The van der Waals surface area contributed by atoms with Crippen LogP contribution in [-0.2, 0) is 6.18 Å². The van der Waals surface area contributed by atoms with Crippen LogP contribution in [0.25, 0.3) is 88.9 Å². The molecule has 0 unspecified atom stereocenters. The molecule has 0 fully saturated rings. The fourth-order valence-corrected chi connectivity index (χ4v) is 8.48. The maximum atomic E-state index is 16.5. The molecule has 0 aliphatic carbocycles. The number of aryl methyl sites for hydroxylation is 4. The summed E-state index contributed by atoms with van der Waals surface area (Å²) in [4.78, 5) is 26.9. The van der Waals surface area contributed by atoms with Crippen LogP contribution in [0.3, 0.4) is 0 Å². The predicted octanol–water partition coefficient (Wildman–Crippen LogP) is 11.4. The normalized spacial score (nSPS) is 11.9. The third kappa shape index (κ3) is 5.93. The highest BCUT2D eigenvalue weighted by molar-refractivity contribution is 6.12. The Morgan fingerprint density at radius 3 is 1.52 bits per heavy atom. The van der Waals surface area contributed by atoms with E-state index in [4.69, 9.17) is 0 Å². The second kappa shape index (κ2) is 13.7. The minimum Gasteiger partial charge on any atom is -0.309 e. The summed E-state index contributed by atoms with van der Waals surface area (Å²) in [5.74, 6) is 3.22. The van der Waals surface area contributed by atoms with Gasteiger partial charge in [0.15, 0.2) is 11.6 Å². The molecule has 4 aromatic heterocycles. The summed E-state index contributed by atoms with van der Waals surface area (Å²) in [6.07, 6.45) is -4.87. The summed E-state index contributed by atoms with van der Waals surface area (Å²) >= 11 is 0. The van der Waals surface area contributed by atoms with Crippen LogP contribution < -0.4 is 0 Å². The molecule has 0 radical (unpaired) electrons. The van der Waals surface area contributed by atoms with Gasteiger partial charge >= 0.3 is 6.18 Å². The van der Waals surface area contributed by atoms with Gasteiger partial charge in [0.25, 0.3) is 0 Å². The molecule has 0 bridgehead atoms. The Morgan fingerprint density at radius 1 is 0.483 bits per heavy atom. The van der Waals surface area contributed by atoms with Gasteiger partial charge < -0.3 is 9.13 Å². The largest absolute Gasteiger partial charge is 0.420 e. The lowest BCUT2D eigenvalue weighted by Gasteiger charge is -2.24. The van der Waals surface area contributed by atoms with Gasteiger partial charge in [0.05, 0.1) is 45.1 Å². The van der Waals surface area contributed by atoms with Gasteiger partial charge in [-0.25, -0.2) is 29.9 Å². The first-order chi connectivity index (χ1) is 29.0. The van der Waals surface area contributed by atoms with Crippen molar-refractivity contribution in [3.05, 3.63) is 156 Å². The van der Waals surface area contributed by atoms with Gasteiger partial charge in [-0.15, -0.1) is 0 Å². The second-order valence-electron chi connectivity index (χ2n) is 14.7. The van der Waals surface area contributed by atoms with Crippen LogP contribution >= 0.6 is 0 Å². The number of hydrogen-bond acceptors (Lipinski definition) is 7. The van der Waals surface area contributed by atoms with Crippen LogP contribution in [0.4, 0.5) is 13.2 Å². The molecule has 0 aliphatic rings. The Balaban J connectivity index is 1.33. The van der Waals surface area contributed by atoms with Crippen LogP contribution in [-0.4, -0.2) is 39.0 Å². The van der Waals surface area contributed by atoms with E-state index in [1.165, 1.54) is 6.07 Å². The number of nitriles is 1. The Morgan fingerprint density at radius 2 is 0.983 bits per heavy atom. The van der Waals surface area contributed by atoms with Gasteiger partial charge in [-0.1, -0.05) is 54.6 Å². The summed E-state index contributed by atoms with van der Waals surface area (Å²) in [5, 5.41) is 12.9. The van der Waals surface area contributed by atoms with Crippen molar-refractivity contribution < 1.29 is 13.2 Å². The molecule has 0 saturated carbocycles. The first-order valence-corrected chi connectivity index (χ1v) is 19.2. The van der Waals surface area contributed by atoms with Crippen LogP contribution in [0.15, 0.2) is 121 Å². The number of aromatic nitrogens is 8. The van der Waals surface area contributed by atoms with Gasteiger partial charge in [-0.2, -0.15) is 18.4 Å². The lowest BCUT2D eigenvalue weighted by atomic mass is 9.96. The van der Waals surface area contributed by atoms with E-state index in [-0.39, 0.29) is 11.4 Å². The fourth-order valence-electron chi connectivity index (χ4n) is 8.48. The molecule has 0 amide bonds. The third-order valence-electron chi connectivity index (χ3n) is 10.8. The minimum atomic E-state index is -4.87. The number of benzene rings is 6. The molecular formula is C48H32F3N9. The molecule has 10 rings (SSSR count). The zero-order valence-corrected chi connectivity index (χ0v) is 32.7. The van der Waals surface area contributed by atoms with Crippen molar-refractivity contribution in [2.45, 2.75) is 33.9 Å². The number of alkyl halides is 3. The van der Waals surface area contributed by atoms with Crippen LogP contribution in [0, 0.1) is 39.0 Å². The monoisotopic (exact) mass is 791 g/mol. The first-order valence-electron chi connectivity index (χ1n) is 19.2. The molecule has 6 aromatic carbocycles. The summed E-state index contributed by atoms with van der Waals surface area (Å²) in [7, 11) is 0. The summed E-state index contributed by atoms with van der Waals surface area (Å²) in [6, 6.07) is 38.2. The Bertz CT molecular complexity index is 3410. The van der Waals surface area contributed by atoms with Crippen LogP contribution in [0.5, 0.6) is 0 Å². The smallest absolute Gasteiger partial charge is 0.309 e. The molecule has 0 atom stereocenters. The number of halogens is 3. The summed E-state index contributed by atoms with van der Waals surface area (Å²) in [6.45, 7) is 7.19. The van der Waals surface area contributed by atoms with Crippen molar-refractivity contribution in [3.8, 4) is 51.3 Å². The molecule has 0 aliphatic heterocycles. The molecule has 0 N–H and O–H groups in total. The second-order valence-corrected chi connectivity index (χ2v) is 14.7. The van der Waals surface area contributed by atoms with Crippen molar-refractivity contribution >= 4 is 43.6 Å². The average molecular weight is 792 g/mol. The molecule has 10 aromatic rings. The lowest BCUT2D eigenvalue weighted by molar-refractivity contribution is -0.137. The highest BCUT2D eigenvalue weighted by Crippen LogP contribution is 2.48. The summed E-state index contributed by atoms with van der Waals surface area (Å²) in [5.41, 5.74) is 3.86. The van der Waals surface area contributed by atoms with Crippen molar-refractivity contribution in [1.82, 2.24) is 39.0 Å². The molecule has 4 heterocycles. The highest BCUT2D eigenvalue weighted by atomic mass is 19.4. The molecule has 9 nitrogen and oxygen atoms in total. The maximum Gasteiger partial charge on any atom is 0.420 e. The predicted molar refractivity (Wildman–Crippen MR) is 227 cm³/mol. The van der Waals surface area contributed by atoms with E-state index in [9.17, 15) is 5.26 Å². The lowest BCUT2D eigenvalue weighted by Crippen LogP contribution is -2.16. The minimum absolute atomic E-state index is 0.0535. The third-order valence-corrected chi connectivity index (χ3v) is 10.8. The molecule has 0 saturated heterocycles. The topological polar surface area (TPSA) is 111 Å². The van der Waals surface area contributed by atoms with E-state index in [0.29, 0.717) is 79.3 Å². The highest BCUT2D eigenvalue weighted by Gasteiger charge is 2.40.